The van der Waals surface area contributed by atoms with Crippen LogP contribution in [-0.4, -0.2) is 17.0 Å². The molecule has 122 valence electrons. The number of benzene rings is 1. The first-order valence-corrected chi connectivity index (χ1v) is 6.74. The highest BCUT2D eigenvalue weighted by Crippen LogP contribution is 2.41. The Morgan fingerprint density at radius 2 is 2.04 bits per heavy atom. The standard InChI is InChI=1S/C14H11ClF3N3O2/c1-20(8-9-4-2-3-5-19-9)12-7-11(15)10(14(16,17)18)6-13(12)21(22)23/h2-7H,8H2,1H3. The van der Waals surface area contributed by atoms with Gasteiger partial charge in [-0.15, -0.1) is 0 Å². The molecule has 0 spiro atoms. The molecular weight excluding hydrogens is 335 g/mol. The van der Waals surface area contributed by atoms with Crippen LogP contribution in [-0.2, 0) is 12.7 Å². The summed E-state index contributed by atoms with van der Waals surface area (Å²) in [5, 5.41) is 10.5. The lowest BCUT2D eigenvalue weighted by molar-refractivity contribution is -0.384. The highest BCUT2D eigenvalue weighted by atomic mass is 35.5. The first-order chi connectivity index (χ1) is 10.7. The molecule has 2 rings (SSSR count). The van der Waals surface area contributed by atoms with Crippen LogP contribution in [0, 0.1) is 10.1 Å². The SMILES string of the molecule is CN(Cc1ccccn1)c1cc(Cl)c(C(F)(F)F)cc1[N+](=O)[O-]. The Morgan fingerprint density at radius 3 is 2.57 bits per heavy atom. The lowest BCUT2D eigenvalue weighted by atomic mass is 10.1. The van der Waals surface area contributed by atoms with Gasteiger partial charge in [-0.1, -0.05) is 17.7 Å². The Balaban J connectivity index is 2.45. The summed E-state index contributed by atoms with van der Waals surface area (Å²) in [5.41, 5.74) is -1.31. The van der Waals surface area contributed by atoms with Gasteiger partial charge in [-0.3, -0.25) is 15.1 Å². The number of halogens is 4. The Kier molecular flexibility index (Phi) is 4.74. The molecule has 0 saturated heterocycles. The van der Waals surface area contributed by atoms with Gasteiger partial charge in [0.2, 0.25) is 0 Å². The predicted molar refractivity (Wildman–Crippen MR) is 79.5 cm³/mol. The minimum atomic E-state index is -4.76. The van der Waals surface area contributed by atoms with Gasteiger partial charge in [0.15, 0.2) is 0 Å². The van der Waals surface area contributed by atoms with Gasteiger partial charge in [-0.2, -0.15) is 13.2 Å². The second kappa shape index (κ2) is 6.41. The van der Waals surface area contributed by atoms with Crippen LogP contribution in [0.4, 0.5) is 24.5 Å². The first-order valence-electron chi connectivity index (χ1n) is 6.36. The highest BCUT2D eigenvalue weighted by Gasteiger charge is 2.36. The van der Waals surface area contributed by atoms with Crippen LogP contribution in [0.25, 0.3) is 0 Å². The van der Waals surface area contributed by atoms with Gasteiger partial charge in [0.25, 0.3) is 5.69 Å². The minimum absolute atomic E-state index is 0.0151. The molecule has 0 atom stereocenters. The number of nitro groups is 1. The van der Waals surface area contributed by atoms with Crippen molar-refractivity contribution in [3.05, 3.63) is 62.9 Å². The Morgan fingerprint density at radius 1 is 1.35 bits per heavy atom. The number of nitrogens with zero attached hydrogens (tertiary/aromatic N) is 3. The van der Waals surface area contributed by atoms with E-state index in [0.29, 0.717) is 11.8 Å². The Hall–Kier alpha value is -2.35. The van der Waals surface area contributed by atoms with Crippen LogP contribution in [0.1, 0.15) is 11.3 Å². The molecule has 23 heavy (non-hydrogen) atoms. The fraction of sp³-hybridized carbons (Fsp3) is 0.214. The second-order valence-corrected chi connectivity index (χ2v) is 5.16. The van der Waals surface area contributed by atoms with Crippen molar-refractivity contribution in [3.8, 4) is 0 Å². The van der Waals surface area contributed by atoms with Crippen molar-refractivity contribution in [2.75, 3.05) is 11.9 Å². The maximum atomic E-state index is 12.8. The third-order valence-corrected chi connectivity index (χ3v) is 3.42. The molecule has 9 heteroatoms. The lowest BCUT2D eigenvalue weighted by Crippen LogP contribution is -2.19. The van der Waals surface area contributed by atoms with Crippen molar-refractivity contribution in [1.29, 1.82) is 0 Å². The minimum Gasteiger partial charge on any atom is -0.363 e. The smallest absolute Gasteiger partial charge is 0.363 e. The number of anilines is 1. The summed E-state index contributed by atoms with van der Waals surface area (Å²) in [5.74, 6) is 0. The van der Waals surface area contributed by atoms with Crippen LogP contribution in [0.5, 0.6) is 0 Å². The van der Waals surface area contributed by atoms with Gasteiger partial charge in [0, 0.05) is 19.3 Å². The molecule has 0 aliphatic rings. The van der Waals surface area contributed by atoms with Gasteiger partial charge in [0.1, 0.15) is 5.69 Å². The lowest BCUT2D eigenvalue weighted by Gasteiger charge is -2.20. The Bertz CT molecular complexity index is 723. The summed E-state index contributed by atoms with van der Waals surface area (Å²) in [4.78, 5) is 15.8. The van der Waals surface area contributed by atoms with Crippen LogP contribution in [0.2, 0.25) is 5.02 Å². The van der Waals surface area contributed by atoms with E-state index in [1.165, 1.54) is 11.9 Å². The summed E-state index contributed by atoms with van der Waals surface area (Å²) in [6.07, 6.45) is -3.21. The molecule has 0 radical (unpaired) electrons. The van der Waals surface area contributed by atoms with E-state index in [2.05, 4.69) is 4.98 Å². The predicted octanol–water partition coefficient (Wildman–Crippen LogP) is 4.30. The maximum absolute atomic E-state index is 12.8. The quantitative estimate of drug-likeness (QED) is 0.612. The molecule has 5 nitrogen and oxygen atoms in total. The molecule has 0 amide bonds. The van der Waals surface area contributed by atoms with Crippen molar-refractivity contribution in [2.24, 2.45) is 0 Å². The van der Waals surface area contributed by atoms with E-state index in [4.69, 9.17) is 11.6 Å². The largest absolute Gasteiger partial charge is 0.418 e. The monoisotopic (exact) mass is 345 g/mol. The van der Waals surface area contributed by atoms with Crippen molar-refractivity contribution >= 4 is 23.0 Å². The van der Waals surface area contributed by atoms with Crippen molar-refractivity contribution in [3.63, 3.8) is 0 Å². The van der Waals surface area contributed by atoms with Crippen LogP contribution < -0.4 is 4.90 Å². The molecule has 2 aromatic rings. The zero-order valence-electron chi connectivity index (χ0n) is 11.8. The molecule has 0 saturated carbocycles. The number of pyridine rings is 1. The van der Waals surface area contributed by atoms with Gasteiger partial charge < -0.3 is 4.90 Å². The van der Waals surface area contributed by atoms with Crippen LogP contribution in [0.3, 0.4) is 0 Å². The molecule has 0 bridgehead atoms. The van der Waals surface area contributed by atoms with Crippen molar-refractivity contribution < 1.29 is 18.1 Å². The Labute approximate surface area is 134 Å². The average Bonchev–Trinajstić information content (AvgIpc) is 2.46. The van der Waals surface area contributed by atoms with Crippen molar-refractivity contribution in [2.45, 2.75) is 12.7 Å². The first kappa shape index (κ1) is 17.0. The summed E-state index contributed by atoms with van der Waals surface area (Å²) in [6, 6.07) is 6.55. The van der Waals surface area contributed by atoms with E-state index in [-0.39, 0.29) is 12.2 Å². The molecule has 1 aromatic carbocycles. The number of hydrogen-bond acceptors (Lipinski definition) is 4. The third-order valence-electron chi connectivity index (χ3n) is 3.10. The highest BCUT2D eigenvalue weighted by molar-refractivity contribution is 6.31. The fourth-order valence-corrected chi connectivity index (χ4v) is 2.31. The zero-order valence-corrected chi connectivity index (χ0v) is 12.6. The third kappa shape index (κ3) is 3.89. The summed E-state index contributed by atoms with van der Waals surface area (Å²) >= 11 is 5.65. The maximum Gasteiger partial charge on any atom is 0.418 e. The molecule has 0 aliphatic heterocycles. The fourth-order valence-electron chi connectivity index (χ4n) is 2.04. The summed E-state index contributed by atoms with van der Waals surface area (Å²) in [6.45, 7) is 0.184. The van der Waals surface area contributed by atoms with Crippen LogP contribution in [0.15, 0.2) is 36.5 Å². The molecular formula is C14H11ClF3N3O2. The molecule has 0 unspecified atom stereocenters. The summed E-state index contributed by atoms with van der Waals surface area (Å²) in [7, 11) is 1.51. The number of hydrogen-bond donors (Lipinski definition) is 0. The molecule has 0 fully saturated rings. The number of rotatable bonds is 4. The summed E-state index contributed by atoms with van der Waals surface area (Å²) < 4.78 is 38.5. The van der Waals surface area contributed by atoms with E-state index in [1.54, 1.807) is 24.4 Å². The molecule has 1 aromatic heterocycles. The second-order valence-electron chi connectivity index (χ2n) is 4.75. The van der Waals surface area contributed by atoms with E-state index in [0.717, 1.165) is 6.07 Å². The molecule has 1 heterocycles. The number of alkyl halides is 3. The van der Waals surface area contributed by atoms with Gasteiger partial charge >= 0.3 is 6.18 Å². The van der Waals surface area contributed by atoms with E-state index in [9.17, 15) is 23.3 Å². The van der Waals surface area contributed by atoms with E-state index in [1.807, 2.05) is 0 Å². The topological polar surface area (TPSA) is 59.3 Å². The van der Waals surface area contributed by atoms with Crippen LogP contribution >= 0.6 is 11.6 Å². The normalized spacial score (nSPS) is 11.3. The molecule has 0 aliphatic carbocycles. The average molecular weight is 346 g/mol. The van der Waals surface area contributed by atoms with Gasteiger partial charge in [-0.05, 0) is 18.2 Å². The van der Waals surface area contributed by atoms with Crippen molar-refractivity contribution in [1.82, 2.24) is 4.98 Å². The van der Waals surface area contributed by atoms with E-state index >= 15 is 0 Å². The van der Waals surface area contributed by atoms with Gasteiger partial charge in [0.05, 0.1) is 27.7 Å². The van der Waals surface area contributed by atoms with E-state index < -0.39 is 27.4 Å². The van der Waals surface area contributed by atoms with Gasteiger partial charge in [-0.25, -0.2) is 0 Å². The number of aromatic nitrogens is 1. The zero-order chi connectivity index (χ0) is 17.2. The molecule has 0 N–H and O–H groups in total. The number of nitro benzene ring substituents is 1.